The summed E-state index contributed by atoms with van der Waals surface area (Å²) in [7, 11) is 0. The number of hydrogen-bond acceptors (Lipinski definition) is 1. The molecule has 0 heterocycles. The van der Waals surface area contributed by atoms with E-state index in [1.165, 1.54) is 0 Å². The van der Waals surface area contributed by atoms with Crippen LogP contribution in [0.3, 0.4) is 0 Å². The summed E-state index contributed by atoms with van der Waals surface area (Å²) in [5.74, 6) is 0. The van der Waals surface area contributed by atoms with Crippen LogP contribution in [0, 0.1) is 0 Å². The van der Waals surface area contributed by atoms with E-state index in [1.54, 1.807) is 0 Å². The Morgan fingerprint density at radius 2 is 1.25 bits per heavy atom. The molecule has 0 unspecified atom stereocenters. The van der Waals surface area contributed by atoms with Crippen LogP contribution in [0.25, 0.3) is 0 Å². The van der Waals surface area contributed by atoms with Crippen molar-refractivity contribution in [2.45, 2.75) is 0 Å². The molecule has 4 heavy (non-hydrogen) atoms. The standard InChI is InChI=1S/O.Sn.Zn.Zr.4H. The summed E-state index contributed by atoms with van der Waals surface area (Å²) in [6.45, 7) is 0. The first-order valence-electron chi connectivity index (χ1n) is 0.204. The van der Waals surface area contributed by atoms with E-state index < -0.39 is 0 Å². The molecular formula is H4OSnZnZr. The minimum absolute atomic E-state index is 0. The zero-order chi connectivity index (χ0) is 2.00. The molecule has 0 spiro atoms. The third-order valence-electron chi connectivity index (χ3n) is 0. The minimum atomic E-state index is 0. The minimum Gasteiger partial charge on any atom is 0 e. The monoisotopic (exact) mass is 294 g/mol. The second kappa shape index (κ2) is 19.4. The van der Waals surface area contributed by atoms with Crippen LogP contribution in [0.15, 0.2) is 0 Å². The van der Waals surface area contributed by atoms with E-state index in [2.05, 4.69) is 0 Å². The third kappa shape index (κ3) is 8.93. The Morgan fingerprint density at radius 3 is 1.25 bits per heavy atom. The van der Waals surface area contributed by atoms with Gasteiger partial charge in [-0.15, -0.1) is 0 Å². The average Bonchev–Trinajstić information content (AvgIpc) is 1.00. The van der Waals surface area contributed by atoms with Gasteiger partial charge in [0.2, 0.25) is 0 Å². The van der Waals surface area contributed by atoms with Crippen molar-refractivity contribution in [1.29, 1.82) is 0 Å². The molecule has 0 aliphatic rings. The van der Waals surface area contributed by atoms with Crippen molar-refractivity contribution in [2.75, 3.05) is 0 Å². The molecule has 0 aliphatic heterocycles. The largest absolute Gasteiger partial charge is 0 e. The van der Waals surface area contributed by atoms with Gasteiger partial charge in [-0.25, -0.2) is 0 Å². The summed E-state index contributed by atoms with van der Waals surface area (Å²) in [5.41, 5.74) is 0. The smallest absolute Gasteiger partial charge is 0 e. The topological polar surface area (TPSA) is 17.1 Å². The van der Waals surface area contributed by atoms with Crippen molar-refractivity contribution in [3.05, 3.63) is 0 Å². The van der Waals surface area contributed by atoms with Crippen LogP contribution in [0.4, 0.5) is 0 Å². The molecule has 20 valence electrons. The summed E-state index contributed by atoms with van der Waals surface area (Å²) < 4.78 is 8.34. The molecule has 0 aromatic heterocycles. The Balaban J connectivity index is -0.00000000500. The number of rotatable bonds is 0. The molecule has 0 rings (SSSR count). The van der Waals surface area contributed by atoms with Crippen molar-refractivity contribution in [1.82, 2.24) is 0 Å². The molecule has 0 saturated carbocycles. The zero-order valence-corrected chi connectivity index (χ0v) is 7.04. The second-order valence-electron chi connectivity index (χ2n) is 0. The summed E-state index contributed by atoms with van der Waals surface area (Å²) in [6, 6.07) is 0. The van der Waals surface area contributed by atoms with Crippen LogP contribution in [-0.4, -0.2) is 23.9 Å². The van der Waals surface area contributed by atoms with Gasteiger partial charge in [0.1, 0.15) is 0 Å². The Kier molecular flexibility index (Phi) is 80.1. The van der Waals surface area contributed by atoms with E-state index in [4.69, 9.17) is 2.81 Å². The average molecular weight is 295 g/mol. The van der Waals surface area contributed by atoms with Gasteiger partial charge in [0.25, 0.3) is 0 Å². The van der Waals surface area contributed by atoms with Crippen LogP contribution >= 0.6 is 0 Å². The normalized spacial score (nSPS) is 0.750. The van der Waals surface area contributed by atoms with Gasteiger partial charge in [-0.2, -0.15) is 0 Å². The van der Waals surface area contributed by atoms with E-state index >= 15 is 0 Å². The van der Waals surface area contributed by atoms with Gasteiger partial charge in [-0.3, -0.25) is 0 Å². The van der Waals surface area contributed by atoms with Crippen molar-refractivity contribution < 1.29 is 47.0 Å². The molecule has 0 aliphatic carbocycles. The second-order valence-corrected chi connectivity index (χ2v) is 0. The summed E-state index contributed by atoms with van der Waals surface area (Å²) in [5, 5.41) is 0. The van der Waals surface area contributed by atoms with E-state index in [1.807, 2.05) is 0 Å². The van der Waals surface area contributed by atoms with Crippen LogP contribution in [0.2, 0.25) is 0 Å². The van der Waals surface area contributed by atoms with E-state index in [0.29, 0.717) is 24.7 Å². The van der Waals surface area contributed by atoms with Gasteiger partial charge < -0.3 is 0 Å². The first-order valence-corrected chi connectivity index (χ1v) is 1.21. The zero-order valence-electron chi connectivity index (χ0n) is 1.62. The van der Waals surface area contributed by atoms with Crippen molar-refractivity contribution in [2.24, 2.45) is 0 Å². The Labute approximate surface area is 69.9 Å². The summed E-state index contributed by atoms with van der Waals surface area (Å²) >= 11 is 0.300. The van der Waals surface area contributed by atoms with E-state index in [0.717, 1.165) is 0 Å². The Bertz CT molecular complexity index is 8.00. The molecule has 0 atom stereocenters. The van der Waals surface area contributed by atoms with Crippen molar-refractivity contribution in [3.8, 4) is 0 Å². The van der Waals surface area contributed by atoms with Gasteiger partial charge in [0.05, 0.1) is 0 Å². The van der Waals surface area contributed by atoms with E-state index in [9.17, 15) is 0 Å². The fourth-order valence-electron chi connectivity index (χ4n) is 0. The van der Waals surface area contributed by atoms with Crippen LogP contribution in [-0.2, 0) is 47.0 Å². The molecule has 0 radical (unpaired) electrons. The Morgan fingerprint density at radius 1 is 1.25 bits per heavy atom. The summed E-state index contributed by atoms with van der Waals surface area (Å²) in [4.78, 5) is 0. The molecule has 0 N–H and O–H groups in total. The molecule has 4 heteroatoms. The van der Waals surface area contributed by atoms with Gasteiger partial charge in [0, 0.05) is 19.5 Å². The van der Waals surface area contributed by atoms with Gasteiger partial charge in [0.15, 0.2) is 0 Å². The van der Waals surface area contributed by atoms with Crippen LogP contribution < -0.4 is 0 Å². The van der Waals surface area contributed by atoms with E-state index in [-0.39, 0.29) is 43.4 Å². The fourth-order valence-corrected chi connectivity index (χ4v) is 0. The first-order chi connectivity index (χ1) is 1.00. The predicted octanol–water partition coefficient (Wildman–Crippen LogP) is -1.58. The molecule has 0 bridgehead atoms. The maximum Gasteiger partial charge on any atom is 0 e. The van der Waals surface area contributed by atoms with Crippen LogP contribution in [0.1, 0.15) is 0 Å². The fraction of sp³-hybridized carbons (Fsp3) is 0. The predicted molar refractivity (Wildman–Crippen MR) is 12.0 cm³/mol. The molecule has 0 aromatic carbocycles. The van der Waals surface area contributed by atoms with Gasteiger partial charge >= 0.3 is 51.4 Å². The Hall–Kier alpha value is 2.11. The van der Waals surface area contributed by atoms with Crippen molar-refractivity contribution in [3.63, 3.8) is 0 Å². The maximum atomic E-state index is 8.34. The third-order valence-corrected chi connectivity index (χ3v) is 0. The van der Waals surface area contributed by atoms with Crippen molar-refractivity contribution >= 4 is 23.9 Å². The molecule has 0 fully saturated rings. The molecule has 0 saturated heterocycles. The van der Waals surface area contributed by atoms with Gasteiger partial charge in [-0.05, 0) is 0 Å². The number of hydrogen-bond donors (Lipinski definition) is 0. The molecular weight excluding hydrogens is 291 g/mol. The molecule has 1 nitrogen and oxygen atoms in total. The quantitative estimate of drug-likeness (QED) is 0.493. The maximum absolute atomic E-state index is 8.34. The summed E-state index contributed by atoms with van der Waals surface area (Å²) in [6.07, 6.45) is 0. The van der Waals surface area contributed by atoms with Crippen LogP contribution in [0.5, 0.6) is 0 Å². The SMILES string of the molecule is [O]=[Zr].[SnH4].[Zn]. The molecule has 0 amide bonds. The molecule has 0 aromatic rings. The first kappa shape index (κ1) is 16.5. The van der Waals surface area contributed by atoms with Gasteiger partial charge in [-0.1, -0.05) is 0 Å².